The first-order chi connectivity index (χ1) is 16.7. The van der Waals surface area contributed by atoms with Gasteiger partial charge in [0.15, 0.2) is 0 Å². The van der Waals surface area contributed by atoms with E-state index < -0.39 is 0 Å². The van der Waals surface area contributed by atoms with Crippen molar-refractivity contribution in [1.29, 1.82) is 0 Å². The Morgan fingerprint density at radius 2 is 1.32 bits per heavy atom. The molecule has 0 spiro atoms. The van der Waals surface area contributed by atoms with E-state index in [4.69, 9.17) is 0 Å². The van der Waals surface area contributed by atoms with E-state index in [0.717, 1.165) is 34.8 Å². The Bertz CT molecular complexity index is 920. The summed E-state index contributed by atoms with van der Waals surface area (Å²) in [5, 5.41) is 0. The Labute approximate surface area is 209 Å². The minimum absolute atomic E-state index is 0.748. The standard InChI is InChI=1S/C34H44/c1-3-5-7-27-9-11-29(12-10-27)13-14-30-17-21-32(22-18-30)34-25-23-33(24-26-34)31-19-15-28(16-20-31)8-6-4-2/h4,9-12,17-18,21-22,28,31,33-34H,2-3,5-8,15-16,19-20,23-26H2,1H3/t28-,31-,33-,34-. The van der Waals surface area contributed by atoms with Gasteiger partial charge in [-0.2, -0.15) is 0 Å². The molecule has 2 saturated carbocycles. The first-order valence-electron chi connectivity index (χ1n) is 14.1. The van der Waals surface area contributed by atoms with Gasteiger partial charge in [-0.3, -0.25) is 0 Å². The Kier molecular flexibility index (Phi) is 9.50. The first-order valence-corrected chi connectivity index (χ1v) is 14.1. The molecule has 0 heteroatoms. The topological polar surface area (TPSA) is 0 Å². The predicted molar refractivity (Wildman–Crippen MR) is 147 cm³/mol. The lowest BCUT2D eigenvalue weighted by Gasteiger charge is -2.38. The molecule has 0 N–H and O–H groups in total. The molecule has 0 bridgehead atoms. The highest BCUT2D eigenvalue weighted by Crippen LogP contribution is 2.44. The monoisotopic (exact) mass is 452 g/mol. The molecule has 2 aromatic carbocycles. The van der Waals surface area contributed by atoms with Crippen molar-refractivity contribution in [1.82, 2.24) is 0 Å². The van der Waals surface area contributed by atoms with Gasteiger partial charge in [0.1, 0.15) is 0 Å². The van der Waals surface area contributed by atoms with E-state index in [-0.39, 0.29) is 0 Å². The van der Waals surface area contributed by atoms with Crippen LogP contribution in [-0.4, -0.2) is 0 Å². The molecule has 2 aliphatic rings. The molecule has 0 saturated heterocycles. The number of hydrogen-bond acceptors (Lipinski definition) is 0. The molecular weight excluding hydrogens is 408 g/mol. The summed E-state index contributed by atoms with van der Waals surface area (Å²) in [5.41, 5.74) is 5.18. The van der Waals surface area contributed by atoms with Crippen LogP contribution in [0.5, 0.6) is 0 Å². The van der Waals surface area contributed by atoms with E-state index in [2.05, 4.69) is 80.0 Å². The van der Waals surface area contributed by atoms with Crippen LogP contribution in [-0.2, 0) is 6.42 Å². The van der Waals surface area contributed by atoms with E-state index in [1.807, 2.05) is 0 Å². The van der Waals surface area contributed by atoms with Gasteiger partial charge in [0.25, 0.3) is 0 Å². The Balaban J connectivity index is 1.24. The molecule has 0 atom stereocenters. The van der Waals surface area contributed by atoms with Gasteiger partial charge in [-0.25, -0.2) is 0 Å². The van der Waals surface area contributed by atoms with Gasteiger partial charge < -0.3 is 0 Å². The fraction of sp³-hybridized carbons (Fsp3) is 0.529. The number of rotatable bonds is 8. The Morgan fingerprint density at radius 3 is 1.88 bits per heavy atom. The second-order valence-electron chi connectivity index (χ2n) is 10.9. The van der Waals surface area contributed by atoms with Crippen LogP contribution in [0.25, 0.3) is 0 Å². The van der Waals surface area contributed by atoms with Crippen LogP contribution in [0.4, 0.5) is 0 Å². The molecule has 0 aromatic heterocycles. The summed E-state index contributed by atoms with van der Waals surface area (Å²) in [6, 6.07) is 17.9. The Hall–Kier alpha value is -2.26. The summed E-state index contributed by atoms with van der Waals surface area (Å²) in [4.78, 5) is 0. The maximum atomic E-state index is 3.90. The Morgan fingerprint density at radius 1 is 0.765 bits per heavy atom. The fourth-order valence-electron chi connectivity index (χ4n) is 6.34. The molecule has 2 fully saturated rings. The SMILES string of the molecule is C=CCC[C@H]1CC[C@H]([C@H]2CC[C@H](c3ccc(C#Cc4ccc(CCCC)cc4)cc3)CC2)CC1. The molecule has 0 aliphatic heterocycles. The van der Waals surface area contributed by atoms with Crippen molar-refractivity contribution in [3.8, 4) is 11.8 Å². The normalized spacial score (nSPS) is 24.7. The molecule has 0 radical (unpaired) electrons. The average Bonchev–Trinajstić information content (AvgIpc) is 2.91. The van der Waals surface area contributed by atoms with E-state index in [1.165, 1.54) is 94.6 Å². The summed E-state index contributed by atoms with van der Waals surface area (Å²) >= 11 is 0. The van der Waals surface area contributed by atoms with Crippen molar-refractivity contribution in [3.63, 3.8) is 0 Å². The van der Waals surface area contributed by atoms with Crippen LogP contribution >= 0.6 is 0 Å². The van der Waals surface area contributed by atoms with Crippen molar-refractivity contribution in [3.05, 3.63) is 83.4 Å². The highest BCUT2D eigenvalue weighted by Gasteiger charge is 2.31. The minimum Gasteiger partial charge on any atom is -0.103 e. The first kappa shape index (κ1) is 24.9. The smallest absolute Gasteiger partial charge is 0.0249 e. The third kappa shape index (κ3) is 7.12. The number of hydrogen-bond donors (Lipinski definition) is 0. The quantitative estimate of drug-likeness (QED) is 0.276. The highest BCUT2D eigenvalue weighted by molar-refractivity contribution is 5.44. The lowest BCUT2D eigenvalue weighted by Crippen LogP contribution is -2.25. The molecule has 0 heterocycles. The van der Waals surface area contributed by atoms with Gasteiger partial charge in [0.05, 0.1) is 0 Å². The van der Waals surface area contributed by atoms with Crippen LogP contribution in [0.1, 0.15) is 112 Å². The van der Waals surface area contributed by atoms with Crippen LogP contribution in [0.2, 0.25) is 0 Å². The number of allylic oxidation sites excluding steroid dienone is 1. The zero-order valence-electron chi connectivity index (χ0n) is 21.4. The van der Waals surface area contributed by atoms with Crippen LogP contribution in [0, 0.1) is 29.6 Å². The molecular formula is C34H44. The summed E-state index contributed by atoms with van der Waals surface area (Å²) in [5.74, 6) is 10.4. The fourth-order valence-corrected chi connectivity index (χ4v) is 6.34. The number of unbranched alkanes of at least 4 members (excludes halogenated alkanes) is 1. The largest absolute Gasteiger partial charge is 0.103 e. The summed E-state index contributed by atoms with van der Waals surface area (Å²) in [7, 11) is 0. The maximum absolute atomic E-state index is 3.90. The summed E-state index contributed by atoms with van der Waals surface area (Å²) in [6.45, 7) is 6.14. The van der Waals surface area contributed by atoms with Gasteiger partial charge in [0.2, 0.25) is 0 Å². The summed E-state index contributed by atoms with van der Waals surface area (Å²) in [6.07, 6.45) is 19.8. The molecule has 0 unspecified atom stereocenters. The number of aryl methyl sites for hydroxylation is 1. The molecule has 2 aliphatic carbocycles. The third-order valence-electron chi connectivity index (χ3n) is 8.62. The van der Waals surface area contributed by atoms with Crippen molar-refractivity contribution < 1.29 is 0 Å². The zero-order chi connectivity index (χ0) is 23.6. The van der Waals surface area contributed by atoms with Gasteiger partial charge in [-0.05, 0) is 123 Å². The predicted octanol–water partition coefficient (Wildman–Crippen LogP) is 9.48. The molecule has 0 nitrogen and oxygen atoms in total. The van der Waals surface area contributed by atoms with Crippen LogP contribution < -0.4 is 0 Å². The molecule has 34 heavy (non-hydrogen) atoms. The molecule has 0 amide bonds. The maximum Gasteiger partial charge on any atom is 0.0249 e. The van der Waals surface area contributed by atoms with E-state index in [9.17, 15) is 0 Å². The lowest BCUT2D eigenvalue weighted by atomic mass is 9.68. The minimum atomic E-state index is 0.748. The van der Waals surface area contributed by atoms with Gasteiger partial charge in [-0.1, -0.05) is 68.4 Å². The molecule has 4 rings (SSSR count). The van der Waals surface area contributed by atoms with Crippen molar-refractivity contribution in [2.75, 3.05) is 0 Å². The zero-order valence-corrected chi connectivity index (χ0v) is 21.4. The van der Waals surface area contributed by atoms with E-state index in [0.29, 0.717) is 0 Å². The van der Waals surface area contributed by atoms with Crippen molar-refractivity contribution >= 4 is 0 Å². The van der Waals surface area contributed by atoms with Crippen LogP contribution in [0.15, 0.2) is 61.2 Å². The summed E-state index contributed by atoms with van der Waals surface area (Å²) < 4.78 is 0. The van der Waals surface area contributed by atoms with E-state index in [1.54, 1.807) is 0 Å². The second-order valence-corrected chi connectivity index (χ2v) is 10.9. The lowest BCUT2D eigenvalue weighted by molar-refractivity contribution is 0.157. The van der Waals surface area contributed by atoms with Gasteiger partial charge in [0, 0.05) is 11.1 Å². The van der Waals surface area contributed by atoms with Gasteiger partial charge >= 0.3 is 0 Å². The second kappa shape index (κ2) is 13.0. The van der Waals surface area contributed by atoms with Crippen LogP contribution in [0.3, 0.4) is 0 Å². The third-order valence-corrected chi connectivity index (χ3v) is 8.62. The molecule has 180 valence electrons. The highest BCUT2D eigenvalue weighted by atomic mass is 14.4. The number of benzene rings is 2. The van der Waals surface area contributed by atoms with Gasteiger partial charge in [-0.15, -0.1) is 6.58 Å². The van der Waals surface area contributed by atoms with E-state index >= 15 is 0 Å². The average molecular weight is 453 g/mol. The van der Waals surface area contributed by atoms with Crippen molar-refractivity contribution in [2.45, 2.75) is 96.3 Å². The van der Waals surface area contributed by atoms with Crippen molar-refractivity contribution in [2.24, 2.45) is 17.8 Å². The molecule has 2 aromatic rings.